The predicted octanol–water partition coefficient (Wildman–Crippen LogP) is 20.9. The molecule has 0 aliphatic carbocycles. The third-order valence-electron chi connectivity index (χ3n) is 14.3. The number of unbranched alkanes of at least 4 members (excludes halogenated alkanes) is 45. The van der Waals surface area contributed by atoms with Gasteiger partial charge in [-0.15, -0.1) is 0 Å². The second-order valence-electron chi connectivity index (χ2n) is 21.3. The molecule has 0 aliphatic heterocycles. The van der Waals surface area contributed by atoms with Gasteiger partial charge in [-0.1, -0.05) is 303 Å². The molecule has 0 saturated heterocycles. The van der Waals surface area contributed by atoms with Gasteiger partial charge in [0.05, 0.1) is 0 Å². The number of carbonyl (C=O) groups is 3. The molecule has 6 heteroatoms. The monoisotopic (exact) mass is 973 g/mol. The molecule has 0 aromatic carbocycles. The fourth-order valence-electron chi connectivity index (χ4n) is 9.56. The van der Waals surface area contributed by atoms with Crippen molar-refractivity contribution in [1.82, 2.24) is 0 Å². The molecule has 0 fully saturated rings. The van der Waals surface area contributed by atoms with E-state index in [1.807, 2.05) is 0 Å². The van der Waals surface area contributed by atoms with E-state index < -0.39 is 6.10 Å². The van der Waals surface area contributed by atoms with Crippen LogP contribution < -0.4 is 0 Å². The topological polar surface area (TPSA) is 78.9 Å². The van der Waals surface area contributed by atoms with Crippen LogP contribution in [0.15, 0.2) is 12.2 Å². The first-order chi connectivity index (χ1) is 34.0. The average molecular weight is 974 g/mol. The minimum Gasteiger partial charge on any atom is -0.462 e. The lowest BCUT2D eigenvalue weighted by Gasteiger charge is -2.18. The van der Waals surface area contributed by atoms with Crippen LogP contribution in [0.4, 0.5) is 0 Å². The Bertz CT molecular complexity index is 1070. The van der Waals surface area contributed by atoms with Gasteiger partial charge >= 0.3 is 17.9 Å². The van der Waals surface area contributed by atoms with E-state index in [4.69, 9.17) is 14.2 Å². The average Bonchev–Trinajstić information content (AvgIpc) is 3.35. The van der Waals surface area contributed by atoms with E-state index in [1.54, 1.807) is 0 Å². The van der Waals surface area contributed by atoms with Crippen LogP contribution in [0.1, 0.15) is 355 Å². The lowest BCUT2D eigenvalue weighted by molar-refractivity contribution is -0.167. The SMILES string of the molecule is CCCCCCCCC/C=C\CCCCCCCCCC(=O)OC(COC(=O)CCCCCCCCCCCCCCCC)COC(=O)CCCCCCCCCCCCCCCCCCCCC. The zero-order valence-corrected chi connectivity index (χ0v) is 46.9. The second kappa shape index (κ2) is 58.7. The molecule has 1 atom stereocenters. The molecule has 69 heavy (non-hydrogen) atoms. The van der Waals surface area contributed by atoms with Crippen LogP contribution in [0, 0.1) is 0 Å². The number of hydrogen-bond acceptors (Lipinski definition) is 6. The summed E-state index contributed by atoms with van der Waals surface area (Å²) in [5, 5.41) is 0. The predicted molar refractivity (Wildman–Crippen MR) is 298 cm³/mol. The summed E-state index contributed by atoms with van der Waals surface area (Å²) in [6, 6.07) is 0. The van der Waals surface area contributed by atoms with Gasteiger partial charge in [0.2, 0.25) is 0 Å². The molecule has 408 valence electrons. The van der Waals surface area contributed by atoms with E-state index in [2.05, 4.69) is 32.9 Å². The number of hydrogen-bond donors (Lipinski definition) is 0. The fourth-order valence-corrected chi connectivity index (χ4v) is 9.56. The molecule has 0 radical (unpaired) electrons. The molecule has 6 nitrogen and oxygen atoms in total. The van der Waals surface area contributed by atoms with Crippen LogP contribution in [0.3, 0.4) is 0 Å². The van der Waals surface area contributed by atoms with Gasteiger partial charge < -0.3 is 14.2 Å². The van der Waals surface area contributed by atoms with Crippen molar-refractivity contribution in [3.63, 3.8) is 0 Å². The fraction of sp³-hybridized carbons (Fsp3) is 0.921. The first kappa shape index (κ1) is 67.1. The molecule has 0 amide bonds. The van der Waals surface area contributed by atoms with Gasteiger partial charge in [0, 0.05) is 19.3 Å². The number of allylic oxidation sites excluding steroid dienone is 2. The molecule has 0 aromatic heterocycles. The first-order valence-electron chi connectivity index (χ1n) is 31.2. The lowest BCUT2D eigenvalue weighted by atomic mass is 10.0. The number of esters is 3. The molecular formula is C63H120O6. The maximum absolute atomic E-state index is 12.9. The van der Waals surface area contributed by atoms with E-state index in [-0.39, 0.29) is 31.1 Å². The van der Waals surface area contributed by atoms with Crippen LogP contribution in [0.2, 0.25) is 0 Å². The van der Waals surface area contributed by atoms with E-state index in [0.717, 1.165) is 57.8 Å². The Hall–Kier alpha value is -1.85. The number of rotatable bonds is 58. The summed E-state index contributed by atoms with van der Waals surface area (Å²) in [6.45, 7) is 6.71. The van der Waals surface area contributed by atoms with Crippen molar-refractivity contribution in [2.75, 3.05) is 13.2 Å². The van der Waals surface area contributed by atoms with Gasteiger partial charge in [-0.2, -0.15) is 0 Å². The molecule has 1 unspecified atom stereocenters. The zero-order chi connectivity index (χ0) is 50.0. The van der Waals surface area contributed by atoms with Crippen LogP contribution >= 0.6 is 0 Å². The van der Waals surface area contributed by atoms with Gasteiger partial charge in [-0.3, -0.25) is 14.4 Å². The summed E-state index contributed by atoms with van der Waals surface area (Å²) in [6.07, 6.45) is 67.8. The Balaban J connectivity index is 4.29. The van der Waals surface area contributed by atoms with Gasteiger partial charge in [0.25, 0.3) is 0 Å². The Morgan fingerprint density at radius 2 is 0.478 bits per heavy atom. The first-order valence-corrected chi connectivity index (χ1v) is 31.2. The summed E-state index contributed by atoms with van der Waals surface area (Å²) in [5.41, 5.74) is 0. The normalized spacial score (nSPS) is 12.0. The van der Waals surface area contributed by atoms with Gasteiger partial charge in [-0.25, -0.2) is 0 Å². The van der Waals surface area contributed by atoms with Crippen molar-refractivity contribution < 1.29 is 28.6 Å². The standard InChI is InChI=1S/C63H120O6/c1-4-7-10-13-16-19-22-25-28-30-32-34-35-38-41-44-47-50-53-56-62(65)68-59-60(58-67-61(64)55-52-49-46-43-40-37-27-24-21-18-15-12-9-6-3)69-63(66)57-54-51-48-45-42-39-36-33-31-29-26-23-20-17-14-11-8-5-2/h29,31,60H,4-28,30,32-59H2,1-3H3/b31-29-. The molecule has 0 rings (SSSR count). The third-order valence-corrected chi connectivity index (χ3v) is 14.3. The van der Waals surface area contributed by atoms with Gasteiger partial charge in [0.1, 0.15) is 13.2 Å². The molecule has 0 spiro atoms. The van der Waals surface area contributed by atoms with Crippen LogP contribution in [-0.2, 0) is 28.6 Å². The van der Waals surface area contributed by atoms with Crippen LogP contribution in [0.5, 0.6) is 0 Å². The maximum Gasteiger partial charge on any atom is 0.306 e. The quantitative estimate of drug-likeness (QED) is 0.0261. The highest BCUT2D eigenvalue weighted by Gasteiger charge is 2.19. The molecule has 0 bridgehead atoms. The van der Waals surface area contributed by atoms with E-state index in [0.29, 0.717) is 19.3 Å². The zero-order valence-electron chi connectivity index (χ0n) is 46.9. The largest absolute Gasteiger partial charge is 0.462 e. The van der Waals surface area contributed by atoms with Crippen LogP contribution in [-0.4, -0.2) is 37.2 Å². The Morgan fingerprint density at radius 1 is 0.275 bits per heavy atom. The molecule has 0 N–H and O–H groups in total. The second-order valence-corrected chi connectivity index (χ2v) is 21.3. The molecule has 0 aliphatic rings. The summed E-state index contributed by atoms with van der Waals surface area (Å²) >= 11 is 0. The van der Waals surface area contributed by atoms with Crippen molar-refractivity contribution in [3.05, 3.63) is 12.2 Å². The highest BCUT2D eigenvalue weighted by molar-refractivity contribution is 5.71. The van der Waals surface area contributed by atoms with Crippen molar-refractivity contribution in [2.24, 2.45) is 0 Å². The van der Waals surface area contributed by atoms with Crippen molar-refractivity contribution >= 4 is 17.9 Å². The maximum atomic E-state index is 12.9. The van der Waals surface area contributed by atoms with Gasteiger partial charge in [-0.05, 0) is 44.9 Å². The van der Waals surface area contributed by atoms with Crippen molar-refractivity contribution in [3.8, 4) is 0 Å². The third kappa shape index (κ3) is 56.9. The smallest absolute Gasteiger partial charge is 0.306 e. The van der Waals surface area contributed by atoms with Crippen LogP contribution in [0.25, 0.3) is 0 Å². The molecule has 0 saturated carbocycles. The Labute approximate surface area is 431 Å². The number of ether oxygens (including phenoxy) is 3. The van der Waals surface area contributed by atoms with E-state index in [9.17, 15) is 14.4 Å². The molecule has 0 aromatic rings. The summed E-state index contributed by atoms with van der Waals surface area (Å²) in [4.78, 5) is 38.2. The number of carbonyl (C=O) groups excluding carboxylic acids is 3. The van der Waals surface area contributed by atoms with E-state index >= 15 is 0 Å². The summed E-state index contributed by atoms with van der Waals surface area (Å²) in [5.74, 6) is -0.840. The molecule has 0 heterocycles. The minimum atomic E-state index is -0.767. The Morgan fingerprint density at radius 3 is 0.725 bits per heavy atom. The highest BCUT2D eigenvalue weighted by Crippen LogP contribution is 2.18. The van der Waals surface area contributed by atoms with Gasteiger partial charge in [0.15, 0.2) is 6.10 Å². The minimum absolute atomic E-state index is 0.0653. The van der Waals surface area contributed by atoms with E-state index in [1.165, 1.54) is 257 Å². The Kier molecular flexibility index (Phi) is 57.1. The summed E-state index contributed by atoms with van der Waals surface area (Å²) in [7, 11) is 0. The van der Waals surface area contributed by atoms with Crippen molar-refractivity contribution in [1.29, 1.82) is 0 Å². The summed E-state index contributed by atoms with van der Waals surface area (Å²) < 4.78 is 16.9. The highest BCUT2D eigenvalue weighted by atomic mass is 16.6. The van der Waals surface area contributed by atoms with Crippen molar-refractivity contribution in [2.45, 2.75) is 361 Å². The molecular weight excluding hydrogens is 853 g/mol. The lowest BCUT2D eigenvalue weighted by Crippen LogP contribution is -2.30.